The Balaban J connectivity index is 2.49. The molecule has 1 rings (SSSR count). The number of hydrogen-bond acceptors (Lipinski definition) is 3. The molecule has 106 valence electrons. The Morgan fingerprint density at radius 2 is 1.95 bits per heavy atom. The van der Waals surface area contributed by atoms with Crippen molar-refractivity contribution in [2.24, 2.45) is 5.92 Å². The van der Waals surface area contributed by atoms with Gasteiger partial charge in [-0.25, -0.2) is 4.79 Å². The molecule has 0 fully saturated rings. The van der Waals surface area contributed by atoms with Crippen LogP contribution in [0, 0.1) is 5.92 Å². The highest BCUT2D eigenvalue weighted by atomic mass is 35.5. The Bertz CT molecular complexity index is 433. The SMILES string of the molecule is CC(C)CCOC(=O)C(C)Oc1ccc(Cl)cc1Cl. The van der Waals surface area contributed by atoms with Gasteiger partial charge in [-0.1, -0.05) is 37.0 Å². The second-order valence-electron chi connectivity index (χ2n) is 4.68. The largest absolute Gasteiger partial charge is 0.477 e. The zero-order valence-corrected chi connectivity index (χ0v) is 12.8. The monoisotopic (exact) mass is 304 g/mol. The van der Waals surface area contributed by atoms with E-state index in [1.807, 2.05) is 0 Å². The molecule has 1 atom stereocenters. The van der Waals surface area contributed by atoms with Gasteiger partial charge in [-0.15, -0.1) is 0 Å². The molecule has 0 saturated heterocycles. The van der Waals surface area contributed by atoms with Crippen LogP contribution in [0.25, 0.3) is 0 Å². The number of ether oxygens (including phenoxy) is 2. The maximum atomic E-state index is 11.7. The summed E-state index contributed by atoms with van der Waals surface area (Å²) in [7, 11) is 0. The van der Waals surface area contributed by atoms with Crippen LogP contribution in [0.5, 0.6) is 5.75 Å². The lowest BCUT2D eigenvalue weighted by Gasteiger charge is -2.15. The lowest BCUT2D eigenvalue weighted by atomic mass is 10.1. The Labute approximate surface area is 123 Å². The first-order valence-electron chi connectivity index (χ1n) is 6.18. The van der Waals surface area contributed by atoms with Crippen LogP contribution in [-0.2, 0) is 9.53 Å². The molecule has 1 unspecified atom stereocenters. The van der Waals surface area contributed by atoms with Gasteiger partial charge >= 0.3 is 5.97 Å². The number of carbonyl (C=O) groups excluding carboxylic acids is 1. The third kappa shape index (κ3) is 5.70. The van der Waals surface area contributed by atoms with Gasteiger partial charge < -0.3 is 9.47 Å². The molecule has 19 heavy (non-hydrogen) atoms. The van der Waals surface area contributed by atoms with Crippen LogP contribution in [0.1, 0.15) is 27.2 Å². The van der Waals surface area contributed by atoms with E-state index in [9.17, 15) is 4.79 Å². The molecule has 0 bridgehead atoms. The molecule has 0 aliphatic heterocycles. The smallest absolute Gasteiger partial charge is 0.347 e. The van der Waals surface area contributed by atoms with Crippen LogP contribution in [0.4, 0.5) is 0 Å². The summed E-state index contributed by atoms with van der Waals surface area (Å²) in [5.41, 5.74) is 0. The summed E-state index contributed by atoms with van der Waals surface area (Å²) >= 11 is 11.7. The average molecular weight is 305 g/mol. The topological polar surface area (TPSA) is 35.5 Å². The van der Waals surface area contributed by atoms with Gasteiger partial charge in [0, 0.05) is 5.02 Å². The predicted octanol–water partition coefficient (Wildman–Crippen LogP) is 4.35. The molecule has 0 aliphatic rings. The molecule has 0 amide bonds. The quantitative estimate of drug-likeness (QED) is 0.733. The Hall–Kier alpha value is -0.930. The molecule has 0 aromatic heterocycles. The van der Waals surface area contributed by atoms with Crippen LogP contribution in [-0.4, -0.2) is 18.7 Å². The van der Waals surface area contributed by atoms with Gasteiger partial charge in [-0.3, -0.25) is 0 Å². The van der Waals surface area contributed by atoms with Crippen molar-refractivity contribution in [3.05, 3.63) is 28.2 Å². The molecule has 0 aliphatic carbocycles. The number of benzene rings is 1. The van der Waals surface area contributed by atoms with Gasteiger partial charge in [-0.05, 0) is 37.5 Å². The second kappa shape index (κ2) is 7.61. The lowest BCUT2D eigenvalue weighted by molar-refractivity contribution is -0.151. The van der Waals surface area contributed by atoms with Crippen molar-refractivity contribution < 1.29 is 14.3 Å². The van der Waals surface area contributed by atoms with Crippen LogP contribution < -0.4 is 4.74 Å². The number of carbonyl (C=O) groups is 1. The van der Waals surface area contributed by atoms with E-state index < -0.39 is 12.1 Å². The van der Waals surface area contributed by atoms with Crippen molar-refractivity contribution in [2.45, 2.75) is 33.3 Å². The molecular weight excluding hydrogens is 287 g/mol. The maximum absolute atomic E-state index is 11.7. The van der Waals surface area contributed by atoms with Crippen LogP contribution >= 0.6 is 23.2 Å². The first-order chi connectivity index (χ1) is 8.90. The standard InChI is InChI=1S/C14H18Cl2O3/c1-9(2)6-7-18-14(17)10(3)19-13-5-4-11(15)8-12(13)16/h4-5,8-10H,6-7H2,1-3H3. The zero-order valence-electron chi connectivity index (χ0n) is 11.3. The number of hydrogen-bond donors (Lipinski definition) is 0. The van der Waals surface area contributed by atoms with Crippen LogP contribution in [0.3, 0.4) is 0 Å². The highest BCUT2D eigenvalue weighted by Gasteiger charge is 2.17. The fourth-order valence-electron chi connectivity index (χ4n) is 1.32. The first-order valence-corrected chi connectivity index (χ1v) is 6.94. The van der Waals surface area contributed by atoms with E-state index in [1.165, 1.54) is 0 Å². The minimum atomic E-state index is -0.703. The fraction of sp³-hybridized carbons (Fsp3) is 0.500. The van der Waals surface area contributed by atoms with Crippen LogP contribution in [0.15, 0.2) is 18.2 Å². The van der Waals surface area contributed by atoms with E-state index in [-0.39, 0.29) is 0 Å². The van der Waals surface area contributed by atoms with E-state index >= 15 is 0 Å². The first kappa shape index (κ1) is 16.1. The summed E-state index contributed by atoms with van der Waals surface area (Å²) < 4.78 is 10.6. The fourth-order valence-corrected chi connectivity index (χ4v) is 1.77. The van der Waals surface area contributed by atoms with Gasteiger partial charge in [0.25, 0.3) is 0 Å². The molecule has 0 saturated carbocycles. The average Bonchev–Trinajstić information content (AvgIpc) is 2.32. The summed E-state index contributed by atoms with van der Waals surface area (Å²) in [6.07, 6.45) is 0.131. The summed E-state index contributed by atoms with van der Waals surface area (Å²) in [6, 6.07) is 4.84. The molecule has 0 radical (unpaired) electrons. The van der Waals surface area contributed by atoms with E-state index in [0.29, 0.717) is 28.3 Å². The highest BCUT2D eigenvalue weighted by Crippen LogP contribution is 2.28. The second-order valence-corrected chi connectivity index (χ2v) is 5.53. The summed E-state index contributed by atoms with van der Waals surface area (Å²) in [6.45, 7) is 6.17. The number of rotatable bonds is 6. The van der Waals surface area contributed by atoms with Gasteiger partial charge in [0.05, 0.1) is 11.6 Å². The van der Waals surface area contributed by atoms with E-state index in [0.717, 1.165) is 6.42 Å². The third-order valence-electron chi connectivity index (χ3n) is 2.47. The van der Waals surface area contributed by atoms with Crippen molar-refractivity contribution in [2.75, 3.05) is 6.61 Å². The minimum Gasteiger partial charge on any atom is -0.477 e. The van der Waals surface area contributed by atoms with Crippen molar-refractivity contribution in [3.63, 3.8) is 0 Å². The summed E-state index contributed by atoms with van der Waals surface area (Å²) in [4.78, 5) is 11.7. The predicted molar refractivity (Wildman–Crippen MR) is 77.0 cm³/mol. The maximum Gasteiger partial charge on any atom is 0.347 e. The molecule has 5 heteroatoms. The number of halogens is 2. The lowest BCUT2D eigenvalue weighted by Crippen LogP contribution is -2.26. The molecule has 0 heterocycles. The van der Waals surface area contributed by atoms with Crippen molar-refractivity contribution in [1.82, 2.24) is 0 Å². The van der Waals surface area contributed by atoms with E-state index in [4.69, 9.17) is 32.7 Å². The Kier molecular flexibility index (Phi) is 6.46. The number of esters is 1. The van der Waals surface area contributed by atoms with E-state index in [1.54, 1.807) is 25.1 Å². The zero-order chi connectivity index (χ0) is 14.4. The summed E-state index contributed by atoms with van der Waals surface area (Å²) in [5.74, 6) is 0.515. The summed E-state index contributed by atoms with van der Waals surface area (Å²) in [5, 5.41) is 0.888. The molecule has 3 nitrogen and oxygen atoms in total. The normalized spacial score (nSPS) is 12.3. The Morgan fingerprint density at radius 1 is 1.26 bits per heavy atom. The molecular formula is C14H18Cl2O3. The van der Waals surface area contributed by atoms with Gasteiger partial charge in [0.2, 0.25) is 0 Å². The van der Waals surface area contributed by atoms with E-state index in [2.05, 4.69) is 13.8 Å². The minimum absolute atomic E-state index is 0.370. The Morgan fingerprint density at radius 3 is 2.53 bits per heavy atom. The third-order valence-corrected chi connectivity index (χ3v) is 3.00. The van der Waals surface area contributed by atoms with Crippen molar-refractivity contribution >= 4 is 29.2 Å². The molecule has 0 N–H and O–H groups in total. The van der Waals surface area contributed by atoms with Crippen LogP contribution in [0.2, 0.25) is 10.0 Å². The van der Waals surface area contributed by atoms with Crippen molar-refractivity contribution in [1.29, 1.82) is 0 Å². The van der Waals surface area contributed by atoms with Crippen molar-refractivity contribution in [3.8, 4) is 5.75 Å². The molecule has 0 spiro atoms. The highest BCUT2D eigenvalue weighted by molar-refractivity contribution is 6.35. The molecule has 1 aromatic carbocycles. The van der Waals surface area contributed by atoms with Gasteiger partial charge in [0.15, 0.2) is 6.10 Å². The van der Waals surface area contributed by atoms with Gasteiger partial charge in [0.1, 0.15) is 5.75 Å². The molecule has 1 aromatic rings. The van der Waals surface area contributed by atoms with Gasteiger partial charge in [-0.2, -0.15) is 0 Å².